The van der Waals surface area contributed by atoms with Crippen LogP contribution in [0, 0.1) is 6.92 Å². The Morgan fingerprint density at radius 2 is 1.96 bits per heavy atom. The summed E-state index contributed by atoms with van der Waals surface area (Å²) < 4.78 is 0.952. The van der Waals surface area contributed by atoms with Crippen molar-refractivity contribution in [2.45, 2.75) is 26.7 Å². The zero-order chi connectivity index (χ0) is 17.5. The molecule has 1 aromatic carbocycles. The van der Waals surface area contributed by atoms with E-state index in [0.29, 0.717) is 12.1 Å². The molecule has 1 heterocycles. The van der Waals surface area contributed by atoms with E-state index in [4.69, 9.17) is 0 Å². The highest BCUT2D eigenvalue weighted by molar-refractivity contribution is 9.10. The standard InChI is InChI=1S/C18H20BrN3O2/c1-3-4-8-21-18(24)16-11-13(7-9-20-16)17(23)22-15-6-5-14(19)10-12(15)2/h5-7,9-11H,3-4,8H2,1-2H3,(H,21,24)(H,22,23). The third-order valence-corrected chi connectivity index (χ3v) is 4.00. The van der Waals surface area contributed by atoms with E-state index in [9.17, 15) is 9.59 Å². The van der Waals surface area contributed by atoms with Gasteiger partial charge in [0.2, 0.25) is 0 Å². The second-order valence-corrected chi connectivity index (χ2v) is 6.37. The Kier molecular flexibility index (Phi) is 6.49. The summed E-state index contributed by atoms with van der Waals surface area (Å²) in [5, 5.41) is 5.65. The molecular weight excluding hydrogens is 370 g/mol. The van der Waals surface area contributed by atoms with Gasteiger partial charge in [0.25, 0.3) is 11.8 Å². The summed E-state index contributed by atoms with van der Waals surface area (Å²) in [7, 11) is 0. The molecule has 2 N–H and O–H groups in total. The van der Waals surface area contributed by atoms with Gasteiger partial charge < -0.3 is 10.6 Å². The van der Waals surface area contributed by atoms with Crippen molar-refractivity contribution in [3.05, 3.63) is 57.8 Å². The Labute approximate surface area is 150 Å². The number of carbonyl (C=O) groups is 2. The van der Waals surface area contributed by atoms with Gasteiger partial charge >= 0.3 is 0 Å². The SMILES string of the molecule is CCCCNC(=O)c1cc(C(=O)Nc2ccc(Br)cc2C)ccn1. The maximum atomic E-state index is 12.4. The van der Waals surface area contributed by atoms with Gasteiger partial charge in [0, 0.05) is 28.5 Å². The number of unbranched alkanes of at least 4 members (excludes halogenated alkanes) is 1. The molecule has 6 heteroatoms. The van der Waals surface area contributed by atoms with E-state index in [1.807, 2.05) is 25.1 Å². The third-order valence-electron chi connectivity index (χ3n) is 3.51. The summed E-state index contributed by atoms with van der Waals surface area (Å²) in [6.07, 6.45) is 3.38. The summed E-state index contributed by atoms with van der Waals surface area (Å²) in [4.78, 5) is 28.5. The Hall–Kier alpha value is -2.21. The Morgan fingerprint density at radius 1 is 1.17 bits per heavy atom. The van der Waals surface area contributed by atoms with Crippen LogP contribution in [0.5, 0.6) is 0 Å². The number of hydrogen-bond donors (Lipinski definition) is 2. The van der Waals surface area contributed by atoms with Crippen molar-refractivity contribution in [3.63, 3.8) is 0 Å². The van der Waals surface area contributed by atoms with E-state index >= 15 is 0 Å². The first-order valence-corrected chi connectivity index (χ1v) is 8.62. The quantitative estimate of drug-likeness (QED) is 0.735. The zero-order valence-electron chi connectivity index (χ0n) is 13.7. The minimum absolute atomic E-state index is 0.242. The van der Waals surface area contributed by atoms with Gasteiger partial charge in [0.15, 0.2) is 0 Å². The molecule has 0 radical (unpaired) electrons. The van der Waals surface area contributed by atoms with Gasteiger partial charge in [-0.15, -0.1) is 0 Å². The van der Waals surface area contributed by atoms with Crippen molar-refractivity contribution in [3.8, 4) is 0 Å². The van der Waals surface area contributed by atoms with Crippen LogP contribution in [0.1, 0.15) is 46.2 Å². The molecule has 2 amide bonds. The maximum absolute atomic E-state index is 12.4. The Bertz CT molecular complexity index is 747. The van der Waals surface area contributed by atoms with Crippen molar-refractivity contribution in [2.75, 3.05) is 11.9 Å². The molecule has 5 nitrogen and oxygen atoms in total. The molecule has 0 saturated carbocycles. The van der Waals surface area contributed by atoms with Crippen LogP contribution in [0.3, 0.4) is 0 Å². The number of carbonyl (C=O) groups excluding carboxylic acids is 2. The van der Waals surface area contributed by atoms with Gasteiger partial charge in [-0.1, -0.05) is 29.3 Å². The molecule has 2 aromatic rings. The summed E-state index contributed by atoms with van der Waals surface area (Å²) in [5.41, 5.74) is 2.32. The number of anilines is 1. The molecule has 0 bridgehead atoms. The van der Waals surface area contributed by atoms with Crippen LogP contribution in [0.25, 0.3) is 0 Å². The van der Waals surface area contributed by atoms with Crippen LogP contribution in [-0.4, -0.2) is 23.3 Å². The molecule has 0 unspecified atom stereocenters. The van der Waals surface area contributed by atoms with E-state index in [1.54, 1.807) is 6.07 Å². The van der Waals surface area contributed by atoms with Crippen LogP contribution in [0.4, 0.5) is 5.69 Å². The molecular formula is C18H20BrN3O2. The topological polar surface area (TPSA) is 71.1 Å². The molecule has 1 aromatic heterocycles. The van der Waals surface area contributed by atoms with Gasteiger partial charge in [-0.25, -0.2) is 0 Å². The molecule has 0 aliphatic carbocycles. The number of benzene rings is 1. The van der Waals surface area contributed by atoms with E-state index in [2.05, 4.69) is 38.5 Å². The monoisotopic (exact) mass is 389 g/mol. The Morgan fingerprint density at radius 3 is 2.67 bits per heavy atom. The van der Waals surface area contributed by atoms with Crippen LogP contribution in [0.15, 0.2) is 41.0 Å². The fourth-order valence-corrected chi connectivity index (χ4v) is 2.60. The van der Waals surface area contributed by atoms with Crippen LogP contribution in [-0.2, 0) is 0 Å². The lowest BCUT2D eigenvalue weighted by Crippen LogP contribution is -2.25. The molecule has 0 aliphatic rings. The fourth-order valence-electron chi connectivity index (χ4n) is 2.13. The molecule has 126 valence electrons. The van der Waals surface area contributed by atoms with Gasteiger partial charge in [-0.2, -0.15) is 0 Å². The highest BCUT2D eigenvalue weighted by Crippen LogP contribution is 2.20. The molecule has 2 rings (SSSR count). The van der Waals surface area contributed by atoms with E-state index < -0.39 is 0 Å². The number of amides is 2. The van der Waals surface area contributed by atoms with Gasteiger partial charge in [0.1, 0.15) is 5.69 Å². The van der Waals surface area contributed by atoms with Crippen molar-refractivity contribution >= 4 is 33.4 Å². The van der Waals surface area contributed by atoms with E-state index in [-0.39, 0.29) is 17.5 Å². The zero-order valence-corrected chi connectivity index (χ0v) is 15.3. The van der Waals surface area contributed by atoms with Crippen molar-refractivity contribution in [1.29, 1.82) is 0 Å². The van der Waals surface area contributed by atoms with Crippen molar-refractivity contribution < 1.29 is 9.59 Å². The summed E-state index contributed by atoms with van der Waals surface area (Å²) >= 11 is 3.39. The minimum atomic E-state index is -0.273. The number of nitrogens with one attached hydrogen (secondary N) is 2. The van der Waals surface area contributed by atoms with Crippen LogP contribution in [0.2, 0.25) is 0 Å². The average Bonchev–Trinajstić information content (AvgIpc) is 2.57. The Balaban J connectivity index is 2.09. The first-order valence-electron chi connectivity index (χ1n) is 7.83. The summed E-state index contributed by atoms with van der Waals surface area (Å²) in [6, 6.07) is 8.71. The summed E-state index contributed by atoms with van der Waals surface area (Å²) in [5.74, 6) is -0.539. The van der Waals surface area contributed by atoms with Crippen LogP contribution >= 0.6 is 15.9 Å². The number of halogens is 1. The maximum Gasteiger partial charge on any atom is 0.269 e. The number of aryl methyl sites for hydroxylation is 1. The first kappa shape index (κ1) is 18.1. The largest absolute Gasteiger partial charge is 0.351 e. The third kappa shape index (κ3) is 4.89. The van der Waals surface area contributed by atoms with E-state index in [1.165, 1.54) is 12.3 Å². The fraction of sp³-hybridized carbons (Fsp3) is 0.278. The second-order valence-electron chi connectivity index (χ2n) is 5.45. The lowest BCUT2D eigenvalue weighted by atomic mass is 10.1. The lowest BCUT2D eigenvalue weighted by Gasteiger charge is -2.09. The summed E-state index contributed by atoms with van der Waals surface area (Å²) in [6.45, 7) is 4.57. The number of pyridine rings is 1. The number of nitrogens with zero attached hydrogens (tertiary/aromatic N) is 1. The molecule has 0 spiro atoms. The lowest BCUT2D eigenvalue weighted by molar-refractivity contribution is 0.0948. The first-order chi connectivity index (χ1) is 11.5. The molecule has 24 heavy (non-hydrogen) atoms. The second kappa shape index (κ2) is 8.59. The number of aromatic nitrogens is 1. The van der Waals surface area contributed by atoms with Crippen molar-refractivity contribution in [2.24, 2.45) is 0 Å². The van der Waals surface area contributed by atoms with Crippen molar-refractivity contribution in [1.82, 2.24) is 10.3 Å². The van der Waals surface area contributed by atoms with Crippen LogP contribution < -0.4 is 10.6 Å². The average molecular weight is 390 g/mol. The van der Waals surface area contributed by atoms with Gasteiger partial charge in [0.05, 0.1) is 0 Å². The molecule has 0 aliphatic heterocycles. The predicted molar refractivity (Wildman–Crippen MR) is 98.3 cm³/mol. The normalized spacial score (nSPS) is 10.3. The molecule has 0 saturated heterocycles. The minimum Gasteiger partial charge on any atom is -0.351 e. The van der Waals surface area contributed by atoms with Gasteiger partial charge in [-0.3, -0.25) is 14.6 Å². The highest BCUT2D eigenvalue weighted by atomic mass is 79.9. The smallest absolute Gasteiger partial charge is 0.269 e. The number of hydrogen-bond acceptors (Lipinski definition) is 3. The van der Waals surface area contributed by atoms with E-state index in [0.717, 1.165) is 28.6 Å². The highest BCUT2D eigenvalue weighted by Gasteiger charge is 2.12. The number of rotatable bonds is 6. The molecule has 0 atom stereocenters. The predicted octanol–water partition coefficient (Wildman–Crippen LogP) is 3.93. The van der Waals surface area contributed by atoms with Gasteiger partial charge in [-0.05, 0) is 49.2 Å². The molecule has 0 fully saturated rings.